The number of halogens is 1. The Morgan fingerprint density at radius 2 is 1.94 bits per heavy atom. The second-order valence-corrected chi connectivity index (χ2v) is 4.69. The summed E-state index contributed by atoms with van der Waals surface area (Å²) in [5.41, 5.74) is 1.94. The van der Waals surface area contributed by atoms with Gasteiger partial charge in [-0.2, -0.15) is 0 Å². The summed E-state index contributed by atoms with van der Waals surface area (Å²) in [6, 6.07) is 5.87. The van der Waals surface area contributed by atoms with Crippen molar-refractivity contribution in [1.29, 1.82) is 0 Å². The van der Waals surface area contributed by atoms with E-state index in [-0.39, 0.29) is 0 Å². The molecule has 1 aromatic carbocycles. The molecule has 0 fully saturated rings. The molecule has 0 spiro atoms. The average molecular weight is 307 g/mol. The Labute approximate surface area is 113 Å². The van der Waals surface area contributed by atoms with Gasteiger partial charge in [0.15, 0.2) is 11.5 Å². The van der Waals surface area contributed by atoms with Gasteiger partial charge >= 0.3 is 0 Å². The number of benzene rings is 1. The highest BCUT2D eigenvalue weighted by molar-refractivity contribution is 9.10. The topological polar surface area (TPSA) is 44.2 Å². The monoisotopic (exact) mass is 306 g/mol. The molecule has 92 valence electrons. The fourth-order valence-electron chi connectivity index (χ4n) is 1.84. The number of aromatic nitrogens is 2. The maximum absolute atomic E-state index is 5.67. The van der Waals surface area contributed by atoms with Crippen LogP contribution in [0.15, 0.2) is 35.3 Å². The van der Waals surface area contributed by atoms with E-state index in [1.54, 1.807) is 6.20 Å². The SMILES string of the molecule is Brc1ncncc1-c1ccc2c(c1)OCCCO2. The molecule has 0 radical (unpaired) electrons. The van der Waals surface area contributed by atoms with Gasteiger partial charge in [0, 0.05) is 18.2 Å². The molecule has 0 amide bonds. The van der Waals surface area contributed by atoms with E-state index in [1.807, 2.05) is 18.2 Å². The number of hydrogen-bond donors (Lipinski definition) is 0. The zero-order chi connectivity index (χ0) is 12.4. The molecule has 4 nitrogen and oxygen atoms in total. The molecule has 0 bridgehead atoms. The van der Waals surface area contributed by atoms with Crippen molar-refractivity contribution < 1.29 is 9.47 Å². The van der Waals surface area contributed by atoms with Crippen molar-refractivity contribution in [1.82, 2.24) is 9.97 Å². The summed E-state index contributed by atoms with van der Waals surface area (Å²) in [6.45, 7) is 1.38. The zero-order valence-electron chi connectivity index (χ0n) is 9.60. The van der Waals surface area contributed by atoms with Crippen LogP contribution in [0.4, 0.5) is 0 Å². The normalized spacial score (nSPS) is 14.1. The van der Waals surface area contributed by atoms with E-state index in [2.05, 4.69) is 25.9 Å². The number of rotatable bonds is 1. The molecular weight excluding hydrogens is 296 g/mol. The van der Waals surface area contributed by atoms with Gasteiger partial charge in [0.1, 0.15) is 10.9 Å². The van der Waals surface area contributed by atoms with Crippen molar-refractivity contribution >= 4 is 15.9 Å². The average Bonchev–Trinajstić information content (AvgIpc) is 2.63. The molecule has 18 heavy (non-hydrogen) atoms. The van der Waals surface area contributed by atoms with Crippen LogP contribution < -0.4 is 9.47 Å². The first-order chi connectivity index (χ1) is 8.84. The quantitative estimate of drug-likeness (QED) is 0.760. The van der Waals surface area contributed by atoms with Gasteiger partial charge in [-0.25, -0.2) is 9.97 Å². The van der Waals surface area contributed by atoms with Crippen molar-refractivity contribution in [2.75, 3.05) is 13.2 Å². The molecule has 0 aliphatic carbocycles. The smallest absolute Gasteiger partial charge is 0.161 e. The van der Waals surface area contributed by atoms with Gasteiger partial charge in [0.05, 0.1) is 13.2 Å². The van der Waals surface area contributed by atoms with Crippen LogP contribution in [0.2, 0.25) is 0 Å². The molecule has 0 unspecified atom stereocenters. The van der Waals surface area contributed by atoms with E-state index in [0.29, 0.717) is 13.2 Å². The Bertz CT molecular complexity index is 575. The summed E-state index contributed by atoms with van der Waals surface area (Å²) >= 11 is 3.42. The molecule has 2 aromatic rings. The fourth-order valence-corrected chi connectivity index (χ4v) is 2.26. The highest BCUT2D eigenvalue weighted by Gasteiger charge is 2.12. The predicted octanol–water partition coefficient (Wildman–Crippen LogP) is 3.07. The van der Waals surface area contributed by atoms with E-state index < -0.39 is 0 Å². The van der Waals surface area contributed by atoms with Crippen LogP contribution in [0.5, 0.6) is 11.5 Å². The number of ether oxygens (including phenoxy) is 2. The number of hydrogen-bond acceptors (Lipinski definition) is 4. The fraction of sp³-hybridized carbons (Fsp3) is 0.231. The first-order valence-corrected chi connectivity index (χ1v) is 6.49. The molecule has 5 heteroatoms. The highest BCUT2D eigenvalue weighted by atomic mass is 79.9. The Kier molecular flexibility index (Phi) is 3.15. The molecule has 0 atom stereocenters. The van der Waals surface area contributed by atoms with Gasteiger partial charge in [-0.15, -0.1) is 0 Å². The minimum Gasteiger partial charge on any atom is -0.490 e. The minimum atomic E-state index is 0.683. The van der Waals surface area contributed by atoms with Gasteiger partial charge in [-0.05, 0) is 33.6 Å². The summed E-state index contributed by atoms with van der Waals surface area (Å²) in [7, 11) is 0. The Morgan fingerprint density at radius 3 is 2.78 bits per heavy atom. The largest absolute Gasteiger partial charge is 0.490 e. The maximum atomic E-state index is 5.67. The number of fused-ring (bicyclic) bond motifs is 1. The van der Waals surface area contributed by atoms with E-state index in [4.69, 9.17) is 9.47 Å². The first-order valence-electron chi connectivity index (χ1n) is 5.70. The van der Waals surface area contributed by atoms with Crippen LogP contribution in [-0.4, -0.2) is 23.2 Å². The van der Waals surface area contributed by atoms with E-state index >= 15 is 0 Å². The molecule has 0 N–H and O–H groups in total. The minimum absolute atomic E-state index is 0.683. The second kappa shape index (κ2) is 4.94. The van der Waals surface area contributed by atoms with Crippen LogP contribution >= 0.6 is 15.9 Å². The third-order valence-electron chi connectivity index (χ3n) is 2.72. The summed E-state index contributed by atoms with van der Waals surface area (Å²) in [6.07, 6.45) is 4.19. The van der Waals surface area contributed by atoms with Crippen LogP contribution in [0.1, 0.15) is 6.42 Å². The Hall–Kier alpha value is -1.62. The lowest BCUT2D eigenvalue weighted by molar-refractivity contribution is 0.297. The van der Waals surface area contributed by atoms with Crippen molar-refractivity contribution in [2.45, 2.75) is 6.42 Å². The van der Waals surface area contributed by atoms with Crippen molar-refractivity contribution in [3.05, 3.63) is 35.3 Å². The Balaban J connectivity index is 2.04. The van der Waals surface area contributed by atoms with E-state index in [1.165, 1.54) is 6.33 Å². The van der Waals surface area contributed by atoms with Gasteiger partial charge in [-0.3, -0.25) is 0 Å². The summed E-state index contributed by atoms with van der Waals surface area (Å²) in [4.78, 5) is 8.16. The molecule has 2 heterocycles. The van der Waals surface area contributed by atoms with E-state index in [9.17, 15) is 0 Å². The number of nitrogens with zero attached hydrogens (tertiary/aromatic N) is 2. The molecule has 0 saturated carbocycles. The van der Waals surface area contributed by atoms with Gasteiger partial charge in [0.2, 0.25) is 0 Å². The van der Waals surface area contributed by atoms with Crippen molar-refractivity contribution in [2.24, 2.45) is 0 Å². The molecular formula is C13H11BrN2O2. The third kappa shape index (κ3) is 2.18. The summed E-state index contributed by atoms with van der Waals surface area (Å²) in [5.74, 6) is 1.57. The van der Waals surface area contributed by atoms with Gasteiger partial charge < -0.3 is 9.47 Å². The second-order valence-electron chi connectivity index (χ2n) is 3.94. The van der Waals surface area contributed by atoms with Crippen LogP contribution in [0.3, 0.4) is 0 Å². The lowest BCUT2D eigenvalue weighted by atomic mass is 10.1. The molecule has 1 aromatic heterocycles. The van der Waals surface area contributed by atoms with Gasteiger partial charge in [0.25, 0.3) is 0 Å². The summed E-state index contributed by atoms with van der Waals surface area (Å²) < 4.78 is 12.0. The van der Waals surface area contributed by atoms with Crippen LogP contribution in [-0.2, 0) is 0 Å². The molecule has 0 saturated heterocycles. The third-order valence-corrected chi connectivity index (χ3v) is 3.35. The van der Waals surface area contributed by atoms with Crippen molar-refractivity contribution in [3.8, 4) is 22.6 Å². The Morgan fingerprint density at radius 1 is 1.11 bits per heavy atom. The summed E-state index contributed by atoms with van der Waals surface area (Å²) in [5, 5.41) is 0. The molecule has 3 rings (SSSR count). The molecule has 1 aliphatic heterocycles. The highest BCUT2D eigenvalue weighted by Crippen LogP contribution is 2.35. The van der Waals surface area contributed by atoms with E-state index in [0.717, 1.165) is 33.6 Å². The zero-order valence-corrected chi connectivity index (χ0v) is 11.2. The van der Waals surface area contributed by atoms with Crippen molar-refractivity contribution in [3.63, 3.8) is 0 Å². The molecule has 1 aliphatic rings. The standard InChI is InChI=1S/C13H11BrN2O2/c14-13-10(7-15-8-16-13)9-2-3-11-12(6-9)18-5-1-4-17-11/h2-3,6-8H,1,4-5H2. The predicted molar refractivity (Wildman–Crippen MR) is 70.8 cm³/mol. The van der Waals surface area contributed by atoms with Crippen LogP contribution in [0.25, 0.3) is 11.1 Å². The maximum Gasteiger partial charge on any atom is 0.161 e. The lowest BCUT2D eigenvalue weighted by Gasteiger charge is -2.09. The van der Waals surface area contributed by atoms with Crippen LogP contribution in [0, 0.1) is 0 Å². The van der Waals surface area contributed by atoms with Gasteiger partial charge in [-0.1, -0.05) is 6.07 Å². The lowest BCUT2D eigenvalue weighted by Crippen LogP contribution is -1.97. The first kappa shape index (κ1) is 11.5.